The Kier molecular flexibility index (Phi) is 7.57. The first-order valence-corrected chi connectivity index (χ1v) is 6.31. The van der Waals surface area contributed by atoms with E-state index < -0.39 is 0 Å². The van der Waals surface area contributed by atoms with Gasteiger partial charge >= 0.3 is 0 Å². The maximum absolute atomic E-state index is 13.3. The summed E-state index contributed by atoms with van der Waals surface area (Å²) in [4.78, 5) is 0. The van der Waals surface area contributed by atoms with Gasteiger partial charge in [-0.3, -0.25) is 0 Å². The van der Waals surface area contributed by atoms with Crippen LogP contribution in [0.15, 0.2) is 24.3 Å². The van der Waals surface area contributed by atoms with E-state index in [-0.39, 0.29) is 11.9 Å². The number of nitrogens with one attached hydrogen (secondary N) is 1. The lowest BCUT2D eigenvalue weighted by Gasteiger charge is -2.17. The van der Waals surface area contributed by atoms with Crippen LogP contribution in [0.5, 0.6) is 0 Å². The largest absolute Gasteiger partial charge is 0.383 e. The Morgan fingerprint density at radius 3 is 2.72 bits per heavy atom. The lowest BCUT2D eigenvalue weighted by Crippen LogP contribution is -2.37. The highest BCUT2D eigenvalue weighted by molar-refractivity contribution is 5.16. The van der Waals surface area contributed by atoms with E-state index >= 15 is 0 Å². The fraction of sp³-hybridized carbons (Fsp3) is 0.571. The van der Waals surface area contributed by atoms with Crippen molar-refractivity contribution in [3.05, 3.63) is 35.6 Å². The number of methoxy groups -OCH3 is 1. The first-order valence-electron chi connectivity index (χ1n) is 6.31. The van der Waals surface area contributed by atoms with Crippen molar-refractivity contribution in [2.45, 2.75) is 26.0 Å². The summed E-state index contributed by atoms with van der Waals surface area (Å²) in [5.74, 6) is -0.220. The van der Waals surface area contributed by atoms with Crippen LogP contribution >= 0.6 is 0 Å². The lowest BCUT2D eigenvalue weighted by molar-refractivity contribution is 0.0645. The number of halogens is 1. The Morgan fingerprint density at radius 1 is 1.28 bits per heavy atom. The van der Waals surface area contributed by atoms with Crippen molar-refractivity contribution in [1.29, 1.82) is 0 Å². The van der Waals surface area contributed by atoms with Gasteiger partial charge in [-0.1, -0.05) is 25.1 Å². The summed E-state index contributed by atoms with van der Waals surface area (Å²) in [7, 11) is 1.66. The fourth-order valence-corrected chi connectivity index (χ4v) is 1.64. The summed E-state index contributed by atoms with van der Waals surface area (Å²) < 4.78 is 24.0. The summed E-state index contributed by atoms with van der Waals surface area (Å²) in [6.45, 7) is 4.44. The maximum atomic E-state index is 13.3. The summed E-state index contributed by atoms with van der Waals surface area (Å²) in [6, 6.07) is 6.82. The topological polar surface area (TPSA) is 30.5 Å². The first kappa shape index (κ1) is 15.1. The zero-order valence-corrected chi connectivity index (χ0v) is 11.1. The smallest absolute Gasteiger partial charge is 0.128 e. The molecule has 0 saturated heterocycles. The van der Waals surface area contributed by atoms with Crippen LogP contribution in [0.25, 0.3) is 0 Å². The van der Waals surface area contributed by atoms with Gasteiger partial charge in [0.05, 0.1) is 25.9 Å². The molecule has 1 aromatic rings. The number of hydrogen-bond donors (Lipinski definition) is 1. The normalized spacial score (nSPS) is 12.6. The van der Waals surface area contributed by atoms with Gasteiger partial charge in [0.15, 0.2) is 0 Å². The van der Waals surface area contributed by atoms with Crippen molar-refractivity contribution < 1.29 is 13.9 Å². The standard InChI is InChI=1S/C14H22FNO2/c1-3-8-16-13(10-17-2)11-18-9-12-6-4-5-7-14(12)15/h4-7,13,16H,3,8-11H2,1-2H3. The molecule has 0 aliphatic rings. The van der Waals surface area contributed by atoms with Crippen molar-refractivity contribution in [2.24, 2.45) is 0 Å². The van der Waals surface area contributed by atoms with Gasteiger partial charge in [-0.15, -0.1) is 0 Å². The second kappa shape index (κ2) is 9.03. The van der Waals surface area contributed by atoms with Crippen LogP contribution in [-0.4, -0.2) is 32.9 Å². The molecule has 0 amide bonds. The van der Waals surface area contributed by atoms with E-state index in [1.807, 2.05) is 6.07 Å². The van der Waals surface area contributed by atoms with Gasteiger partial charge in [0.2, 0.25) is 0 Å². The fourth-order valence-electron chi connectivity index (χ4n) is 1.64. The highest BCUT2D eigenvalue weighted by Gasteiger charge is 2.08. The van der Waals surface area contributed by atoms with Crippen LogP contribution in [0.4, 0.5) is 4.39 Å². The van der Waals surface area contributed by atoms with E-state index in [0.29, 0.717) is 25.4 Å². The quantitative estimate of drug-likeness (QED) is 0.735. The zero-order valence-electron chi connectivity index (χ0n) is 11.1. The predicted octanol–water partition coefficient (Wildman–Crippen LogP) is 2.36. The molecule has 1 atom stereocenters. The summed E-state index contributed by atoms with van der Waals surface area (Å²) >= 11 is 0. The van der Waals surface area contributed by atoms with E-state index in [2.05, 4.69) is 12.2 Å². The third-order valence-electron chi connectivity index (χ3n) is 2.59. The number of hydrogen-bond acceptors (Lipinski definition) is 3. The molecule has 0 spiro atoms. The van der Waals surface area contributed by atoms with Crippen LogP contribution in [0.1, 0.15) is 18.9 Å². The molecule has 0 aliphatic heterocycles. The molecule has 1 aromatic carbocycles. The van der Waals surface area contributed by atoms with E-state index in [1.54, 1.807) is 19.2 Å². The third kappa shape index (κ3) is 5.58. The van der Waals surface area contributed by atoms with Crippen LogP contribution in [0, 0.1) is 5.82 Å². The van der Waals surface area contributed by atoms with E-state index in [0.717, 1.165) is 13.0 Å². The molecule has 1 N–H and O–H groups in total. The minimum Gasteiger partial charge on any atom is -0.383 e. The summed E-state index contributed by atoms with van der Waals surface area (Å²) in [6.07, 6.45) is 1.06. The SMILES string of the molecule is CCCNC(COC)COCc1ccccc1F. The van der Waals surface area contributed by atoms with Gasteiger partial charge < -0.3 is 14.8 Å². The number of rotatable bonds is 9. The van der Waals surface area contributed by atoms with Crippen molar-refractivity contribution in [3.63, 3.8) is 0 Å². The maximum Gasteiger partial charge on any atom is 0.128 e. The third-order valence-corrected chi connectivity index (χ3v) is 2.59. The molecule has 4 heteroatoms. The molecule has 1 unspecified atom stereocenters. The highest BCUT2D eigenvalue weighted by Crippen LogP contribution is 2.07. The highest BCUT2D eigenvalue weighted by atomic mass is 19.1. The average molecular weight is 255 g/mol. The Bertz CT molecular complexity index is 333. The summed E-state index contributed by atoms with van der Waals surface area (Å²) in [5.41, 5.74) is 0.587. The van der Waals surface area contributed by atoms with Crippen molar-refractivity contribution in [2.75, 3.05) is 26.9 Å². The molecule has 0 fully saturated rings. The average Bonchev–Trinajstić information content (AvgIpc) is 2.38. The predicted molar refractivity (Wildman–Crippen MR) is 70.0 cm³/mol. The summed E-state index contributed by atoms with van der Waals surface area (Å²) in [5, 5.41) is 3.33. The minimum absolute atomic E-state index is 0.154. The second-order valence-corrected chi connectivity index (χ2v) is 4.21. The van der Waals surface area contributed by atoms with Gasteiger partial charge in [0.1, 0.15) is 5.82 Å². The molecular formula is C14H22FNO2. The molecule has 0 saturated carbocycles. The Morgan fingerprint density at radius 2 is 2.06 bits per heavy atom. The van der Waals surface area contributed by atoms with Crippen molar-refractivity contribution in [1.82, 2.24) is 5.32 Å². The molecule has 0 bridgehead atoms. The Hall–Kier alpha value is -0.970. The van der Waals surface area contributed by atoms with Crippen molar-refractivity contribution >= 4 is 0 Å². The van der Waals surface area contributed by atoms with Gasteiger partial charge in [-0.25, -0.2) is 4.39 Å². The van der Waals surface area contributed by atoms with Gasteiger partial charge in [0.25, 0.3) is 0 Å². The van der Waals surface area contributed by atoms with E-state index in [4.69, 9.17) is 9.47 Å². The molecule has 0 heterocycles. The van der Waals surface area contributed by atoms with Crippen molar-refractivity contribution in [3.8, 4) is 0 Å². The van der Waals surface area contributed by atoms with Gasteiger partial charge in [-0.05, 0) is 19.0 Å². The van der Waals surface area contributed by atoms with E-state index in [9.17, 15) is 4.39 Å². The Labute approximate surface area is 108 Å². The molecule has 0 aromatic heterocycles. The van der Waals surface area contributed by atoms with Crippen LogP contribution in [-0.2, 0) is 16.1 Å². The van der Waals surface area contributed by atoms with Gasteiger partial charge in [0, 0.05) is 12.7 Å². The molecule has 18 heavy (non-hydrogen) atoms. The first-order chi connectivity index (χ1) is 8.77. The molecule has 1 rings (SSSR count). The molecular weight excluding hydrogens is 233 g/mol. The molecule has 3 nitrogen and oxygen atoms in total. The monoisotopic (exact) mass is 255 g/mol. The van der Waals surface area contributed by atoms with Gasteiger partial charge in [-0.2, -0.15) is 0 Å². The zero-order chi connectivity index (χ0) is 13.2. The molecule has 0 radical (unpaired) electrons. The Balaban J connectivity index is 2.31. The minimum atomic E-state index is -0.220. The number of benzene rings is 1. The molecule has 102 valence electrons. The van der Waals surface area contributed by atoms with E-state index in [1.165, 1.54) is 6.07 Å². The van der Waals surface area contributed by atoms with Crippen LogP contribution < -0.4 is 5.32 Å². The lowest BCUT2D eigenvalue weighted by atomic mass is 10.2. The van der Waals surface area contributed by atoms with Crippen LogP contribution in [0.3, 0.4) is 0 Å². The molecule has 0 aliphatic carbocycles. The van der Waals surface area contributed by atoms with Crippen LogP contribution in [0.2, 0.25) is 0 Å². The number of ether oxygens (including phenoxy) is 2. The second-order valence-electron chi connectivity index (χ2n) is 4.21.